The molecule has 0 radical (unpaired) electrons. The Kier molecular flexibility index (Phi) is 6.56. The van der Waals surface area contributed by atoms with Crippen LogP contribution in [-0.2, 0) is 16.0 Å². The number of nitrogens with one attached hydrogen (secondary N) is 2. The average Bonchev–Trinajstić information content (AvgIpc) is 3.17. The van der Waals surface area contributed by atoms with Crippen molar-refractivity contribution in [2.75, 3.05) is 11.9 Å². The van der Waals surface area contributed by atoms with Crippen molar-refractivity contribution in [2.45, 2.75) is 26.7 Å². The van der Waals surface area contributed by atoms with Crippen LogP contribution in [0, 0.1) is 25.5 Å². The van der Waals surface area contributed by atoms with Gasteiger partial charge in [0.05, 0.1) is 18.3 Å². The second-order valence-corrected chi connectivity index (χ2v) is 6.79. The smallest absolute Gasteiger partial charge is 0.243 e. The summed E-state index contributed by atoms with van der Waals surface area (Å²) < 4.78 is 33.0. The van der Waals surface area contributed by atoms with E-state index in [1.54, 1.807) is 6.07 Å². The van der Waals surface area contributed by atoms with E-state index in [4.69, 9.17) is 4.42 Å². The van der Waals surface area contributed by atoms with Crippen LogP contribution in [0.4, 0.5) is 14.5 Å². The summed E-state index contributed by atoms with van der Waals surface area (Å²) in [6, 6.07) is 9.08. The molecule has 3 aromatic rings. The minimum atomic E-state index is -0.759. The zero-order valence-corrected chi connectivity index (χ0v) is 16.6. The van der Waals surface area contributed by atoms with Crippen molar-refractivity contribution < 1.29 is 22.8 Å². The molecule has 0 saturated heterocycles. The normalized spacial score (nSPS) is 10.7. The van der Waals surface area contributed by atoms with Crippen LogP contribution in [-0.4, -0.2) is 23.3 Å². The molecule has 0 aliphatic rings. The van der Waals surface area contributed by atoms with Crippen LogP contribution in [0.1, 0.15) is 23.4 Å². The molecule has 0 bridgehead atoms. The highest BCUT2D eigenvalue weighted by atomic mass is 19.1. The quantitative estimate of drug-likeness (QED) is 0.615. The Hall–Kier alpha value is -3.55. The van der Waals surface area contributed by atoms with Gasteiger partial charge in [0.2, 0.25) is 11.8 Å². The highest BCUT2D eigenvalue weighted by Crippen LogP contribution is 2.26. The predicted octanol–water partition coefficient (Wildman–Crippen LogP) is 3.92. The Labute approximate surface area is 172 Å². The summed E-state index contributed by atoms with van der Waals surface area (Å²) in [6.45, 7) is 3.67. The van der Waals surface area contributed by atoms with Crippen LogP contribution in [0.2, 0.25) is 0 Å². The molecule has 0 saturated carbocycles. The molecule has 0 aliphatic carbocycles. The number of rotatable bonds is 7. The van der Waals surface area contributed by atoms with Crippen LogP contribution in [0.25, 0.3) is 11.3 Å². The Morgan fingerprint density at radius 1 is 1.03 bits per heavy atom. The van der Waals surface area contributed by atoms with E-state index in [1.165, 1.54) is 12.3 Å². The van der Waals surface area contributed by atoms with Crippen molar-refractivity contribution in [2.24, 2.45) is 0 Å². The molecule has 2 aromatic carbocycles. The topological polar surface area (TPSA) is 84.2 Å². The first-order valence-electron chi connectivity index (χ1n) is 9.37. The number of amides is 2. The molecular formula is C22H21F2N3O3. The monoisotopic (exact) mass is 413 g/mol. The van der Waals surface area contributed by atoms with Gasteiger partial charge in [-0.25, -0.2) is 13.8 Å². The van der Waals surface area contributed by atoms with Crippen LogP contribution in [0.15, 0.2) is 47.0 Å². The largest absolute Gasteiger partial charge is 0.441 e. The maximum absolute atomic E-state index is 13.8. The van der Waals surface area contributed by atoms with Crippen molar-refractivity contribution in [1.82, 2.24) is 10.3 Å². The first-order valence-corrected chi connectivity index (χ1v) is 9.37. The maximum Gasteiger partial charge on any atom is 0.243 e. The SMILES string of the molecule is Cc1cccc(NC(=O)CNC(=O)CCc2ncc(-c3c(F)cccc3F)o2)c1C. The average molecular weight is 413 g/mol. The molecule has 3 rings (SSSR count). The number of carbonyl (C=O) groups excluding carboxylic acids is 2. The molecular weight excluding hydrogens is 392 g/mol. The summed E-state index contributed by atoms with van der Waals surface area (Å²) in [5.74, 6) is -2.11. The first kappa shape index (κ1) is 21.2. The van der Waals surface area contributed by atoms with Crippen LogP contribution >= 0.6 is 0 Å². The van der Waals surface area contributed by atoms with E-state index in [1.807, 2.05) is 26.0 Å². The number of aryl methyl sites for hydroxylation is 2. The molecule has 2 N–H and O–H groups in total. The molecule has 30 heavy (non-hydrogen) atoms. The molecule has 6 nitrogen and oxygen atoms in total. The van der Waals surface area contributed by atoms with Crippen molar-refractivity contribution in [3.05, 3.63) is 71.2 Å². The summed E-state index contributed by atoms with van der Waals surface area (Å²) in [7, 11) is 0. The molecule has 0 aliphatic heterocycles. The third-order valence-corrected chi connectivity index (χ3v) is 4.65. The lowest BCUT2D eigenvalue weighted by atomic mass is 10.1. The molecule has 8 heteroatoms. The molecule has 0 atom stereocenters. The van der Waals surface area contributed by atoms with Gasteiger partial charge in [-0.15, -0.1) is 0 Å². The molecule has 2 amide bonds. The van der Waals surface area contributed by atoms with Crippen molar-refractivity contribution >= 4 is 17.5 Å². The van der Waals surface area contributed by atoms with Gasteiger partial charge in [-0.3, -0.25) is 9.59 Å². The Morgan fingerprint density at radius 2 is 1.73 bits per heavy atom. The van der Waals surface area contributed by atoms with Gasteiger partial charge in [0.1, 0.15) is 11.6 Å². The number of oxazole rings is 1. The van der Waals surface area contributed by atoms with Gasteiger partial charge < -0.3 is 15.1 Å². The van der Waals surface area contributed by atoms with Crippen molar-refractivity contribution in [3.63, 3.8) is 0 Å². The number of anilines is 1. The van der Waals surface area contributed by atoms with Crippen molar-refractivity contribution in [1.29, 1.82) is 0 Å². The number of aromatic nitrogens is 1. The summed E-state index contributed by atoms with van der Waals surface area (Å²) in [6.07, 6.45) is 1.35. The number of carbonyl (C=O) groups is 2. The van der Waals surface area contributed by atoms with Crippen LogP contribution in [0.3, 0.4) is 0 Å². The minimum Gasteiger partial charge on any atom is -0.441 e. The fourth-order valence-electron chi connectivity index (χ4n) is 2.84. The summed E-state index contributed by atoms with van der Waals surface area (Å²) in [5.41, 5.74) is 2.41. The third-order valence-electron chi connectivity index (χ3n) is 4.65. The van der Waals surface area contributed by atoms with E-state index in [0.717, 1.165) is 23.3 Å². The van der Waals surface area contributed by atoms with Crippen molar-refractivity contribution in [3.8, 4) is 11.3 Å². The van der Waals surface area contributed by atoms with E-state index in [-0.39, 0.29) is 48.4 Å². The molecule has 0 spiro atoms. The van der Waals surface area contributed by atoms with E-state index in [9.17, 15) is 18.4 Å². The number of nitrogens with zero attached hydrogens (tertiary/aromatic N) is 1. The second kappa shape index (κ2) is 9.30. The number of hydrogen-bond donors (Lipinski definition) is 2. The van der Waals surface area contributed by atoms with E-state index in [2.05, 4.69) is 15.6 Å². The standard InChI is InChI=1S/C22H21F2N3O3/c1-13-5-3-8-17(14(13)2)27-20(29)12-25-19(28)9-10-21-26-11-18(30-21)22-15(23)6-4-7-16(22)24/h3-8,11H,9-10,12H2,1-2H3,(H,25,28)(H,27,29). The second-order valence-electron chi connectivity index (χ2n) is 6.79. The summed E-state index contributed by atoms with van der Waals surface area (Å²) >= 11 is 0. The van der Waals surface area contributed by atoms with Gasteiger partial charge in [0.25, 0.3) is 0 Å². The number of halogens is 2. The molecule has 156 valence electrons. The zero-order valence-electron chi connectivity index (χ0n) is 16.6. The maximum atomic E-state index is 13.8. The van der Waals surface area contributed by atoms with Gasteiger partial charge in [-0.2, -0.15) is 0 Å². The fourth-order valence-corrected chi connectivity index (χ4v) is 2.84. The van der Waals surface area contributed by atoms with E-state index in [0.29, 0.717) is 5.69 Å². The fraction of sp³-hybridized carbons (Fsp3) is 0.227. The third kappa shape index (κ3) is 5.08. The van der Waals surface area contributed by atoms with Gasteiger partial charge in [-0.1, -0.05) is 18.2 Å². The highest BCUT2D eigenvalue weighted by molar-refractivity contribution is 5.95. The summed E-state index contributed by atoms with van der Waals surface area (Å²) in [4.78, 5) is 28.0. The lowest BCUT2D eigenvalue weighted by Crippen LogP contribution is -2.33. The predicted molar refractivity (Wildman–Crippen MR) is 108 cm³/mol. The molecule has 0 unspecified atom stereocenters. The first-order chi connectivity index (χ1) is 14.3. The van der Waals surface area contributed by atoms with Crippen LogP contribution < -0.4 is 10.6 Å². The van der Waals surface area contributed by atoms with E-state index < -0.39 is 11.6 Å². The highest BCUT2D eigenvalue weighted by Gasteiger charge is 2.16. The Bertz CT molecular complexity index is 1060. The van der Waals surface area contributed by atoms with Gasteiger partial charge >= 0.3 is 0 Å². The molecule has 0 fully saturated rings. The Morgan fingerprint density at radius 3 is 2.47 bits per heavy atom. The number of benzene rings is 2. The van der Waals surface area contributed by atoms with Gasteiger partial charge in [0, 0.05) is 18.5 Å². The lowest BCUT2D eigenvalue weighted by Gasteiger charge is -2.10. The van der Waals surface area contributed by atoms with Crippen LogP contribution in [0.5, 0.6) is 0 Å². The van der Waals surface area contributed by atoms with Gasteiger partial charge in [0.15, 0.2) is 11.7 Å². The van der Waals surface area contributed by atoms with Gasteiger partial charge in [-0.05, 0) is 43.2 Å². The van der Waals surface area contributed by atoms with E-state index >= 15 is 0 Å². The zero-order chi connectivity index (χ0) is 21.7. The molecule has 1 heterocycles. The number of hydrogen-bond acceptors (Lipinski definition) is 4. The summed E-state index contributed by atoms with van der Waals surface area (Å²) in [5, 5.41) is 5.28. The lowest BCUT2D eigenvalue weighted by molar-refractivity contribution is -0.124. The Balaban J connectivity index is 1.49. The minimum absolute atomic E-state index is 0.0104. The molecule has 1 aromatic heterocycles.